The quantitative estimate of drug-likeness (QED) is 0.107. The Morgan fingerprint density at radius 3 is 2.37 bits per heavy atom. The summed E-state index contributed by atoms with van der Waals surface area (Å²) >= 11 is 0. The molecule has 170 valence electrons. The van der Waals surface area contributed by atoms with Crippen molar-refractivity contribution in [3.8, 4) is 0 Å². The van der Waals surface area contributed by atoms with Crippen molar-refractivity contribution in [2.75, 3.05) is 19.6 Å². The van der Waals surface area contributed by atoms with E-state index in [1.165, 1.54) is 6.92 Å². The van der Waals surface area contributed by atoms with Crippen LogP contribution in [0.2, 0.25) is 0 Å². The van der Waals surface area contributed by atoms with E-state index in [2.05, 4.69) is 15.6 Å². The summed E-state index contributed by atoms with van der Waals surface area (Å²) in [6, 6.07) is -1.38. The zero-order valence-electron chi connectivity index (χ0n) is 17.6. The molecular weight excluding hydrogens is 390 g/mol. The molecule has 0 unspecified atom stereocenters. The first-order valence-electron chi connectivity index (χ1n) is 10.4. The van der Waals surface area contributed by atoms with E-state index in [1.807, 2.05) is 0 Å². The summed E-state index contributed by atoms with van der Waals surface area (Å²) in [4.78, 5) is 53.6. The number of hydrogen-bond donors (Lipinski definition) is 5. The van der Waals surface area contributed by atoms with E-state index in [-0.39, 0.29) is 31.0 Å². The molecule has 0 spiro atoms. The van der Waals surface area contributed by atoms with Crippen LogP contribution in [0.3, 0.4) is 0 Å². The maximum absolute atomic E-state index is 12.9. The number of nitrogens with two attached hydrogens (primary N) is 3. The van der Waals surface area contributed by atoms with Gasteiger partial charge in [-0.05, 0) is 32.6 Å². The lowest BCUT2D eigenvalue weighted by Crippen LogP contribution is -2.53. The molecule has 0 aliphatic heterocycles. The number of nitrogens with one attached hydrogen (secondary N) is 2. The van der Waals surface area contributed by atoms with Gasteiger partial charge in [-0.15, -0.1) is 0 Å². The van der Waals surface area contributed by atoms with Gasteiger partial charge in [0.1, 0.15) is 6.29 Å². The largest absolute Gasteiger partial charge is 0.370 e. The molecule has 1 aliphatic rings. The summed E-state index contributed by atoms with van der Waals surface area (Å²) in [5.41, 5.74) is 16.1. The molecule has 0 aromatic rings. The van der Waals surface area contributed by atoms with Gasteiger partial charge in [-0.2, -0.15) is 0 Å². The van der Waals surface area contributed by atoms with Crippen molar-refractivity contribution in [3.05, 3.63) is 0 Å². The zero-order valence-corrected chi connectivity index (χ0v) is 17.6. The van der Waals surface area contributed by atoms with E-state index in [0.29, 0.717) is 19.4 Å². The number of rotatable bonds is 12. The van der Waals surface area contributed by atoms with Crippen LogP contribution in [0.5, 0.6) is 0 Å². The maximum atomic E-state index is 12.9. The van der Waals surface area contributed by atoms with E-state index < -0.39 is 23.9 Å². The second-order valence-electron chi connectivity index (χ2n) is 7.53. The highest BCUT2D eigenvalue weighted by Crippen LogP contribution is 2.25. The van der Waals surface area contributed by atoms with Gasteiger partial charge >= 0.3 is 0 Å². The molecule has 30 heavy (non-hydrogen) atoms. The molecule has 11 heteroatoms. The van der Waals surface area contributed by atoms with Crippen LogP contribution in [0.25, 0.3) is 0 Å². The van der Waals surface area contributed by atoms with Gasteiger partial charge in [0, 0.05) is 12.6 Å². The highest BCUT2D eigenvalue weighted by molar-refractivity contribution is 5.90. The van der Waals surface area contributed by atoms with Crippen LogP contribution in [0, 0.1) is 0 Å². The van der Waals surface area contributed by atoms with Gasteiger partial charge < -0.3 is 37.5 Å². The smallest absolute Gasteiger partial charge is 0.242 e. The van der Waals surface area contributed by atoms with E-state index >= 15 is 0 Å². The fourth-order valence-corrected chi connectivity index (χ4v) is 3.46. The maximum Gasteiger partial charge on any atom is 0.242 e. The Labute approximate surface area is 177 Å². The predicted molar refractivity (Wildman–Crippen MR) is 113 cm³/mol. The van der Waals surface area contributed by atoms with E-state index in [0.717, 1.165) is 38.4 Å². The first kappa shape index (κ1) is 25.3. The van der Waals surface area contributed by atoms with Crippen molar-refractivity contribution < 1.29 is 19.2 Å². The summed E-state index contributed by atoms with van der Waals surface area (Å²) in [6.07, 6.45) is 6.48. The summed E-state index contributed by atoms with van der Waals surface area (Å²) in [6.45, 7) is 1.36. The molecule has 2 atom stereocenters. The van der Waals surface area contributed by atoms with Crippen LogP contribution in [0.4, 0.5) is 0 Å². The van der Waals surface area contributed by atoms with Gasteiger partial charge in [0.2, 0.25) is 17.7 Å². The Hall–Kier alpha value is -2.69. The van der Waals surface area contributed by atoms with Crippen LogP contribution in [0.1, 0.15) is 51.9 Å². The molecule has 0 aromatic carbocycles. The Kier molecular flexibility index (Phi) is 11.4. The molecule has 0 aromatic heterocycles. The van der Waals surface area contributed by atoms with Gasteiger partial charge in [0.05, 0.1) is 25.2 Å². The standard InChI is InChI=1S/C19H35N7O4/c1-13(20)18(30)25-10-16(28)24-11-17(29)26(14-6-3-2-4-7-14)15(12-27)8-5-9-23-19(21)22/h12-15H,2-11,20H2,1H3,(H,24,28)(H,25,30)(H4,21,22,23)/t13-,15-/m0/s1. The molecule has 8 N–H and O–H groups in total. The zero-order chi connectivity index (χ0) is 22.5. The molecule has 0 bridgehead atoms. The fraction of sp³-hybridized carbons (Fsp3) is 0.737. The molecule has 1 fully saturated rings. The third kappa shape index (κ3) is 9.21. The van der Waals surface area contributed by atoms with Gasteiger partial charge in [0.15, 0.2) is 5.96 Å². The summed E-state index contributed by atoms with van der Waals surface area (Å²) in [7, 11) is 0. The number of carbonyl (C=O) groups excluding carboxylic acids is 4. The topological polar surface area (TPSA) is 186 Å². The van der Waals surface area contributed by atoms with E-state index in [1.54, 1.807) is 4.90 Å². The highest BCUT2D eigenvalue weighted by atomic mass is 16.2. The Morgan fingerprint density at radius 1 is 1.13 bits per heavy atom. The van der Waals surface area contributed by atoms with Crippen LogP contribution in [0.15, 0.2) is 4.99 Å². The number of amides is 3. The lowest BCUT2D eigenvalue weighted by atomic mass is 9.92. The number of nitrogens with zero attached hydrogens (tertiary/aromatic N) is 2. The third-order valence-corrected chi connectivity index (χ3v) is 5.00. The van der Waals surface area contributed by atoms with Gasteiger partial charge in [0.25, 0.3) is 0 Å². The summed E-state index contributed by atoms with van der Waals surface area (Å²) in [5.74, 6) is -1.30. The molecule has 11 nitrogen and oxygen atoms in total. The van der Waals surface area contributed by atoms with Gasteiger partial charge in [-0.1, -0.05) is 19.3 Å². The van der Waals surface area contributed by atoms with Crippen molar-refractivity contribution in [2.45, 2.75) is 70.0 Å². The van der Waals surface area contributed by atoms with Crippen molar-refractivity contribution in [3.63, 3.8) is 0 Å². The molecule has 0 saturated heterocycles. The SMILES string of the molecule is C[C@H](N)C(=O)NCC(=O)NCC(=O)N(C1CCCCC1)[C@H](C=O)CCCN=C(N)N. The lowest BCUT2D eigenvalue weighted by molar-refractivity contribution is -0.140. The summed E-state index contributed by atoms with van der Waals surface area (Å²) in [5, 5.41) is 4.89. The molecule has 0 radical (unpaired) electrons. The molecule has 1 saturated carbocycles. The van der Waals surface area contributed by atoms with Crippen LogP contribution < -0.4 is 27.8 Å². The average Bonchev–Trinajstić information content (AvgIpc) is 2.72. The van der Waals surface area contributed by atoms with Gasteiger partial charge in [-0.3, -0.25) is 19.4 Å². The number of hydrogen-bond acceptors (Lipinski definition) is 6. The molecule has 3 amide bonds. The molecule has 0 heterocycles. The second-order valence-corrected chi connectivity index (χ2v) is 7.53. The van der Waals surface area contributed by atoms with Crippen LogP contribution in [-0.4, -0.2) is 72.6 Å². The minimum Gasteiger partial charge on any atom is -0.370 e. The minimum atomic E-state index is -0.728. The van der Waals surface area contributed by atoms with Crippen molar-refractivity contribution in [2.24, 2.45) is 22.2 Å². The monoisotopic (exact) mass is 425 g/mol. The molecule has 1 aliphatic carbocycles. The molecular formula is C19H35N7O4. The van der Waals surface area contributed by atoms with Gasteiger partial charge in [-0.25, -0.2) is 0 Å². The van der Waals surface area contributed by atoms with Crippen molar-refractivity contribution >= 4 is 30.0 Å². The van der Waals surface area contributed by atoms with Crippen molar-refractivity contribution in [1.82, 2.24) is 15.5 Å². The van der Waals surface area contributed by atoms with E-state index in [9.17, 15) is 19.2 Å². The fourth-order valence-electron chi connectivity index (χ4n) is 3.46. The first-order chi connectivity index (χ1) is 14.3. The van der Waals surface area contributed by atoms with Crippen LogP contribution in [-0.2, 0) is 19.2 Å². The Bertz CT molecular complexity index is 614. The highest BCUT2D eigenvalue weighted by Gasteiger charge is 2.31. The first-order valence-corrected chi connectivity index (χ1v) is 10.4. The minimum absolute atomic E-state index is 0.0169. The Morgan fingerprint density at radius 2 is 1.80 bits per heavy atom. The number of carbonyl (C=O) groups is 4. The number of aldehydes is 1. The summed E-state index contributed by atoms with van der Waals surface area (Å²) < 4.78 is 0. The Balaban J connectivity index is 2.69. The van der Waals surface area contributed by atoms with Crippen LogP contribution >= 0.6 is 0 Å². The average molecular weight is 426 g/mol. The normalized spacial score (nSPS) is 16.1. The third-order valence-electron chi connectivity index (χ3n) is 5.00. The second kappa shape index (κ2) is 13.5. The molecule has 1 rings (SSSR count). The predicted octanol–water partition coefficient (Wildman–Crippen LogP) is -1.65. The number of aliphatic imine (C=N–C) groups is 1. The number of guanidine groups is 1. The van der Waals surface area contributed by atoms with E-state index in [4.69, 9.17) is 17.2 Å². The lowest BCUT2D eigenvalue weighted by Gasteiger charge is -2.38. The van der Waals surface area contributed by atoms with Crippen molar-refractivity contribution in [1.29, 1.82) is 0 Å².